The van der Waals surface area contributed by atoms with E-state index >= 15 is 0 Å². The molecule has 3 amide bonds. The maximum Gasteiger partial charge on any atom is 0.343 e. The molecule has 8 heteroatoms. The minimum absolute atomic E-state index is 0.104. The highest BCUT2D eigenvalue weighted by molar-refractivity contribution is 6.33. The zero-order valence-electron chi connectivity index (χ0n) is 12.1. The second-order valence-electron chi connectivity index (χ2n) is 4.50. The van der Waals surface area contributed by atoms with Gasteiger partial charge in [0.25, 0.3) is 5.91 Å². The molecular weight excluding hydrogens is 315 g/mol. The first-order valence-corrected chi connectivity index (χ1v) is 6.94. The molecular formula is C14H16ClFN2O4. The predicted octanol–water partition coefficient (Wildman–Crippen LogP) is 2.26. The highest BCUT2D eigenvalue weighted by Crippen LogP contribution is 2.19. The number of imide groups is 1. The van der Waals surface area contributed by atoms with E-state index in [2.05, 4.69) is 10.1 Å². The van der Waals surface area contributed by atoms with E-state index in [-0.39, 0.29) is 11.1 Å². The minimum Gasteiger partial charge on any atom is -0.452 e. The van der Waals surface area contributed by atoms with Crippen molar-refractivity contribution in [3.05, 3.63) is 34.6 Å². The molecule has 0 aliphatic rings. The predicted molar refractivity (Wildman–Crippen MR) is 78.1 cm³/mol. The fraction of sp³-hybridized carbons (Fsp3) is 0.357. The summed E-state index contributed by atoms with van der Waals surface area (Å²) in [6.07, 6.45) is 0.697. The molecule has 0 bridgehead atoms. The van der Waals surface area contributed by atoms with E-state index in [0.717, 1.165) is 6.07 Å². The highest BCUT2D eigenvalue weighted by Gasteiger charge is 2.19. The molecule has 0 fully saturated rings. The molecule has 0 aromatic heterocycles. The molecule has 0 radical (unpaired) electrons. The van der Waals surface area contributed by atoms with Crippen LogP contribution in [0.2, 0.25) is 5.02 Å². The largest absolute Gasteiger partial charge is 0.452 e. The molecule has 0 aliphatic carbocycles. The van der Waals surface area contributed by atoms with Gasteiger partial charge in [-0.2, -0.15) is 0 Å². The molecule has 1 rings (SSSR count). The third kappa shape index (κ3) is 5.33. The van der Waals surface area contributed by atoms with Gasteiger partial charge in [0, 0.05) is 6.04 Å². The van der Waals surface area contributed by atoms with Gasteiger partial charge in [-0.3, -0.25) is 10.1 Å². The van der Waals surface area contributed by atoms with Crippen molar-refractivity contribution in [2.45, 2.75) is 26.3 Å². The summed E-state index contributed by atoms with van der Waals surface area (Å²) in [7, 11) is 0. The van der Waals surface area contributed by atoms with E-state index in [0.29, 0.717) is 6.42 Å². The van der Waals surface area contributed by atoms with Crippen LogP contribution in [0.4, 0.5) is 9.18 Å². The van der Waals surface area contributed by atoms with E-state index in [4.69, 9.17) is 11.6 Å². The van der Waals surface area contributed by atoms with Gasteiger partial charge in [0.1, 0.15) is 11.4 Å². The zero-order valence-corrected chi connectivity index (χ0v) is 12.9. The van der Waals surface area contributed by atoms with Crippen molar-refractivity contribution in [1.29, 1.82) is 0 Å². The number of ether oxygens (including phenoxy) is 1. The molecule has 1 aromatic rings. The molecule has 0 spiro atoms. The van der Waals surface area contributed by atoms with Crippen molar-refractivity contribution in [3.8, 4) is 0 Å². The maximum atomic E-state index is 13.5. The van der Waals surface area contributed by atoms with Crippen LogP contribution in [0.3, 0.4) is 0 Å². The van der Waals surface area contributed by atoms with Crippen LogP contribution in [0.15, 0.2) is 18.2 Å². The summed E-state index contributed by atoms with van der Waals surface area (Å²) in [5.74, 6) is -2.77. The van der Waals surface area contributed by atoms with E-state index in [1.165, 1.54) is 12.1 Å². The number of halogens is 2. The van der Waals surface area contributed by atoms with Crippen molar-refractivity contribution < 1.29 is 23.5 Å². The van der Waals surface area contributed by atoms with E-state index < -0.39 is 35.9 Å². The Morgan fingerprint density at radius 2 is 2.05 bits per heavy atom. The standard InChI is InChI=1S/C14H16ClFN2O4/c1-3-8(2)17-14(21)18-11(19)7-22-13(20)12-9(15)5-4-6-10(12)16/h4-6,8H,3,7H2,1-2H3,(H2,17,18,19,21)/t8-/m0/s1. The summed E-state index contributed by atoms with van der Waals surface area (Å²) in [5, 5.41) is 4.37. The SMILES string of the molecule is CC[C@H](C)NC(=O)NC(=O)COC(=O)c1c(F)cccc1Cl. The zero-order chi connectivity index (χ0) is 16.7. The topological polar surface area (TPSA) is 84.5 Å². The van der Waals surface area contributed by atoms with Gasteiger partial charge >= 0.3 is 12.0 Å². The first-order valence-electron chi connectivity index (χ1n) is 6.56. The van der Waals surface area contributed by atoms with Gasteiger partial charge in [0.2, 0.25) is 0 Å². The number of benzene rings is 1. The van der Waals surface area contributed by atoms with Gasteiger partial charge in [-0.15, -0.1) is 0 Å². The minimum atomic E-state index is -1.08. The lowest BCUT2D eigenvalue weighted by Gasteiger charge is -2.12. The smallest absolute Gasteiger partial charge is 0.343 e. The van der Waals surface area contributed by atoms with Crippen molar-refractivity contribution >= 4 is 29.5 Å². The Balaban J connectivity index is 2.51. The van der Waals surface area contributed by atoms with E-state index in [9.17, 15) is 18.8 Å². The quantitative estimate of drug-likeness (QED) is 0.811. The molecule has 0 saturated carbocycles. The molecule has 1 atom stereocenters. The summed E-state index contributed by atoms with van der Waals surface area (Å²) in [6.45, 7) is 2.91. The van der Waals surface area contributed by atoms with E-state index in [1.807, 2.05) is 12.2 Å². The third-order valence-electron chi connectivity index (χ3n) is 2.74. The first-order chi connectivity index (χ1) is 10.3. The summed E-state index contributed by atoms with van der Waals surface area (Å²) < 4.78 is 18.1. The maximum absolute atomic E-state index is 13.5. The van der Waals surface area contributed by atoms with Gasteiger partial charge in [0.15, 0.2) is 6.61 Å². The number of amides is 3. The number of hydrogen-bond donors (Lipinski definition) is 2. The van der Waals surface area contributed by atoms with Gasteiger partial charge < -0.3 is 10.1 Å². The molecule has 0 heterocycles. The average molecular weight is 331 g/mol. The number of hydrogen-bond acceptors (Lipinski definition) is 4. The highest BCUT2D eigenvalue weighted by atomic mass is 35.5. The summed E-state index contributed by atoms with van der Waals surface area (Å²) in [4.78, 5) is 34.5. The lowest BCUT2D eigenvalue weighted by molar-refractivity contribution is -0.123. The molecule has 0 saturated heterocycles. The molecule has 120 valence electrons. The molecule has 2 N–H and O–H groups in total. The van der Waals surface area contributed by atoms with Crippen molar-refractivity contribution in [1.82, 2.24) is 10.6 Å². The van der Waals surface area contributed by atoms with Crippen LogP contribution in [0.1, 0.15) is 30.6 Å². The second-order valence-corrected chi connectivity index (χ2v) is 4.91. The molecule has 6 nitrogen and oxygen atoms in total. The van der Waals surface area contributed by atoms with Crippen LogP contribution in [-0.2, 0) is 9.53 Å². The van der Waals surface area contributed by atoms with Crippen LogP contribution >= 0.6 is 11.6 Å². The van der Waals surface area contributed by atoms with Crippen molar-refractivity contribution in [3.63, 3.8) is 0 Å². The van der Waals surface area contributed by atoms with Crippen LogP contribution in [0.25, 0.3) is 0 Å². The number of carbonyl (C=O) groups is 3. The normalized spacial score (nSPS) is 11.5. The number of esters is 1. The number of rotatable bonds is 5. The summed E-state index contributed by atoms with van der Waals surface area (Å²) in [6, 6.07) is 2.90. The average Bonchev–Trinajstić information content (AvgIpc) is 2.44. The van der Waals surface area contributed by atoms with Gasteiger partial charge in [-0.05, 0) is 25.5 Å². The summed E-state index contributed by atoms with van der Waals surface area (Å²) >= 11 is 5.69. The number of urea groups is 1. The van der Waals surface area contributed by atoms with Gasteiger partial charge in [-0.1, -0.05) is 24.6 Å². The fourth-order valence-electron chi connectivity index (χ4n) is 1.42. The Bertz CT molecular complexity index is 560. The number of carbonyl (C=O) groups excluding carboxylic acids is 3. The van der Waals surface area contributed by atoms with Crippen molar-refractivity contribution in [2.24, 2.45) is 0 Å². The lowest BCUT2D eigenvalue weighted by Crippen LogP contribution is -2.44. The molecule has 0 aliphatic heterocycles. The molecule has 0 unspecified atom stereocenters. The Labute approximate surface area is 132 Å². The van der Waals surface area contributed by atoms with Gasteiger partial charge in [-0.25, -0.2) is 14.0 Å². The Morgan fingerprint density at radius 1 is 1.36 bits per heavy atom. The molecule has 22 heavy (non-hydrogen) atoms. The Hall–Kier alpha value is -2.15. The first kappa shape index (κ1) is 17.9. The van der Waals surface area contributed by atoms with Crippen LogP contribution < -0.4 is 10.6 Å². The monoisotopic (exact) mass is 330 g/mol. The van der Waals surface area contributed by atoms with Crippen LogP contribution in [0.5, 0.6) is 0 Å². The second kappa shape index (κ2) is 8.33. The van der Waals surface area contributed by atoms with Crippen molar-refractivity contribution in [2.75, 3.05) is 6.61 Å². The lowest BCUT2D eigenvalue weighted by atomic mass is 10.2. The number of nitrogens with one attached hydrogen (secondary N) is 2. The van der Waals surface area contributed by atoms with Crippen LogP contribution in [-0.4, -0.2) is 30.6 Å². The van der Waals surface area contributed by atoms with Gasteiger partial charge in [0.05, 0.1) is 5.02 Å². The fourth-order valence-corrected chi connectivity index (χ4v) is 1.66. The molecule has 1 aromatic carbocycles. The summed E-state index contributed by atoms with van der Waals surface area (Å²) in [5.41, 5.74) is -0.457. The Morgan fingerprint density at radius 3 is 2.64 bits per heavy atom. The Kier molecular flexibility index (Phi) is 6.78. The third-order valence-corrected chi connectivity index (χ3v) is 3.06. The van der Waals surface area contributed by atoms with E-state index in [1.54, 1.807) is 6.92 Å². The van der Waals surface area contributed by atoms with Crippen LogP contribution in [0, 0.1) is 5.82 Å².